The van der Waals surface area contributed by atoms with Crippen molar-refractivity contribution < 1.29 is 43.1 Å². The van der Waals surface area contributed by atoms with E-state index in [4.69, 9.17) is 38.2 Å². The van der Waals surface area contributed by atoms with Gasteiger partial charge < -0.3 is 38.3 Å². The van der Waals surface area contributed by atoms with Crippen molar-refractivity contribution in [3.63, 3.8) is 0 Å². The molecule has 5 atom stereocenters. The largest absolute Gasteiger partial charge is 0.497 e. The number of aliphatic hydroxyl groups excluding tert-OH is 1. The molecule has 0 aliphatic carbocycles. The Labute approximate surface area is 298 Å². The van der Waals surface area contributed by atoms with Gasteiger partial charge in [0.15, 0.2) is 5.17 Å². The van der Waals surface area contributed by atoms with E-state index in [1.165, 1.54) is 16.7 Å². The molecule has 2 aliphatic heterocycles. The normalized spacial score (nSPS) is 21.6. The molecule has 1 fully saturated rings. The highest BCUT2D eigenvalue weighted by Crippen LogP contribution is 2.41. The Hall–Kier alpha value is -3.65. The van der Waals surface area contributed by atoms with Crippen LogP contribution in [0.1, 0.15) is 43.9 Å². The Morgan fingerprint density at radius 3 is 1.98 bits per heavy atom. The highest BCUT2D eigenvalue weighted by atomic mass is 32.2. The van der Waals surface area contributed by atoms with Crippen molar-refractivity contribution in [2.24, 2.45) is 4.99 Å². The van der Waals surface area contributed by atoms with Crippen molar-refractivity contribution in [2.75, 3.05) is 34.0 Å². The summed E-state index contributed by atoms with van der Waals surface area (Å²) in [4.78, 5) is 20.2. The topological polar surface area (TPSA) is 118 Å². The van der Waals surface area contributed by atoms with Crippen molar-refractivity contribution in [2.45, 2.75) is 82.4 Å². The van der Waals surface area contributed by atoms with Gasteiger partial charge in [-0.15, -0.1) is 0 Å². The quantitative estimate of drug-likeness (QED) is 0.183. The number of fused-ring (bicyclic) bond motifs is 1. The molecule has 50 heavy (non-hydrogen) atoms. The first-order valence-corrected chi connectivity index (χ1v) is 17.7. The standard InChI is InChI=1S/C38H48N2O9S/c1-38(2,3)49-37(42)40(20-22-45-23-26-9-7-6-8-10-26)36-39-32-34(47-25-28-13-17-30(44-5)18-14-28)33(31(19-21-41)48-35(32)50-36)46-24-27-11-15-29(43-4)16-12-27/h6-18,31-35,41H,19-25H2,1-5H3/t31-,32-,33+,34-,35-/m1/s1. The van der Waals surface area contributed by atoms with Gasteiger partial charge in [0.1, 0.15) is 40.8 Å². The second-order valence-electron chi connectivity index (χ2n) is 13.0. The predicted octanol–water partition coefficient (Wildman–Crippen LogP) is 6.21. The number of carbonyl (C=O) groups excluding carboxylic acids is 1. The summed E-state index contributed by atoms with van der Waals surface area (Å²) >= 11 is 1.34. The molecule has 0 aromatic heterocycles. The number of rotatable bonds is 15. The summed E-state index contributed by atoms with van der Waals surface area (Å²) in [6.07, 6.45) is -1.83. The molecule has 0 radical (unpaired) electrons. The van der Waals surface area contributed by atoms with E-state index in [0.717, 1.165) is 28.2 Å². The number of hydrogen-bond acceptors (Lipinski definition) is 11. The lowest BCUT2D eigenvalue weighted by Gasteiger charge is -2.42. The average Bonchev–Trinajstić information content (AvgIpc) is 3.53. The number of nitrogens with zero attached hydrogens (tertiary/aromatic N) is 2. The second-order valence-corrected chi connectivity index (χ2v) is 14.1. The third kappa shape index (κ3) is 10.4. The van der Waals surface area contributed by atoms with Gasteiger partial charge >= 0.3 is 6.09 Å². The maximum atomic E-state index is 13.6. The third-order valence-corrected chi connectivity index (χ3v) is 9.29. The molecule has 1 saturated heterocycles. The Balaban J connectivity index is 1.39. The molecule has 3 aromatic rings. The van der Waals surface area contributed by atoms with E-state index in [1.54, 1.807) is 14.2 Å². The Kier molecular flexibility index (Phi) is 13.6. The number of methoxy groups -OCH3 is 2. The smallest absolute Gasteiger partial charge is 0.416 e. The lowest BCUT2D eigenvalue weighted by molar-refractivity contribution is -0.200. The SMILES string of the molecule is COc1ccc(CO[C@@H]2[C@H]3N=C(N(CCOCc4ccccc4)C(=O)OC(C)(C)C)S[C@H]3O[C@H](CCO)[C@@H]2OCc2ccc(OC)cc2)cc1. The van der Waals surface area contributed by atoms with Crippen LogP contribution in [0.25, 0.3) is 0 Å². The Bertz CT molecular complexity index is 1520. The number of hydrogen-bond donors (Lipinski definition) is 1. The van der Waals surface area contributed by atoms with E-state index in [9.17, 15) is 9.90 Å². The van der Waals surface area contributed by atoms with Crippen LogP contribution in [0.15, 0.2) is 83.9 Å². The summed E-state index contributed by atoms with van der Waals surface area (Å²) in [6.45, 7) is 6.85. The van der Waals surface area contributed by atoms with E-state index in [1.807, 2.05) is 99.6 Å². The minimum atomic E-state index is -0.718. The first kappa shape index (κ1) is 37.6. The first-order valence-electron chi connectivity index (χ1n) is 16.8. The van der Waals surface area contributed by atoms with Crippen molar-refractivity contribution in [3.05, 3.63) is 95.6 Å². The maximum absolute atomic E-state index is 13.6. The molecule has 1 N–H and O–H groups in total. The van der Waals surface area contributed by atoms with Gasteiger partial charge in [-0.05, 0) is 68.1 Å². The Morgan fingerprint density at radius 1 is 0.840 bits per heavy atom. The van der Waals surface area contributed by atoms with Gasteiger partial charge in [0.25, 0.3) is 0 Å². The van der Waals surface area contributed by atoms with Gasteiger partial charge in [-0.3, -0.25) is 9.89 Å². The molecule has 270 valence electrons. The summed E-state index contributed by atoms with van der Waals surface area (Å²) in [6, 6.07) is 24.7. The van der Waals surface area contributed by atoms with E-state index in [0.29, 0.717) is 18.2 Å². The molecule has 2 aliphatic rings. The fraction of sp³-hybridized carbons (Fsp3) is 0.474. The third-order valence-electron chi connectivity index (χ3n) is 8.13. The van der Waals surface area contributed by atoms with Crippen molar-refractivity contribution in [3.8, 4) is 11.5 Å². The van der Waals surface area contributed by atoms with E-state index in [2.05, 4.69) is 0 Å². The fourth-order valence-corrected chi connectivity index (χ4v) is 6.84. The number of aliphatic imine (C=N–C) groups is 1. The van der Waals surface area contributed by atoms with Crippen LogP contribution in [0.5, 0.6) is 11.5 Å². The highest BCUT2D eigenvalue weighted by molar-refractivity contribution is 8.14. The van der Waals surface area contributed by atoms with Crippen molar-refractivity contribution in [1.82, 2.24) is 4.90 Å². The second kappa shape index (κ2) is 18.0. The van der Waals surface area contributed by atoms with Gasteiger partial charge in [-0.2, -0.15) is 0 Å². The molecule has 3 aromatic carbocycles. The summed E-state index contributed by atoms with van der Waals surface area (Å²) in [5, 5.41) is 10.5. The van der Waals surface area contributed by atoms with Gasteiger partial charge in [-0.25, -0.2) is 4.79 Å². The Morgan fingerprint density at radius 2 is 1.42 bits per heavy atom. The van der Waals surface area contributed by atoms with Crippen LogP contribution >= 0.6 is 11.8 Å². The minimum absolute atomic E-state index is 0.100. The van der Waals surface area contributed by atoms with Crippen molar-refractivity contribution >= 4 is 23.0 Å². The van der Waals surface area contributed by atoms with E-state index in [-0.39, 0.29) is 33.0 Å². The summed E-state index contributed by atoms with van der Waals surface area (Å²) < 4.78 is 42.2. The van der Waals surface area contributed by atoms with Crippen LogP contribution in [-0.4, -0.2) is 90.6 Å². The molecule has 11 nitrogen and oxygen atoms in total. The van der Waals surface area contributed by atoms with Gasteiger partial charge in [0.2, 0.25) is 0 Å². The molecule has 12 heteroatoms. The zero-order valence-electron chi connectivity index (χ0n) is 29.4. The number of carbonyl (C=O) groups is 1. The van der Waals surface area contributed by atoms with Gasteiger partial charge in [-0.1, -0.05) is 66.4 Å². The average molecular weight is 709 g/mol. The number of thioether (sulfide) groups is 1. The molecule has 2 heterocycles. The monoisotopic (exact) mass is 708 g/mol. The number of ether oxygens (including phenoxy) is 7. The van der Waals surface area contributed by atoms with Crippen LogP contribution in [0, 0.1) is 0 Å². The number of aliphatic hydroxyl groups is 1. The van der Waals surface area contributed by atoms with Gasteiger partial charge in [0.05, 0.1) is 53.3 Å². The number of amidine groups is 1. The zero-order chi connectivity index (χ0) is 35.5. The molecule has 0 saturated carbocycles. The minimum Gasteiger partial charge on any atom is -0.497 e. The van der Waals surface area contributed by atoms with E-state index >= 15 is 0 Å². The summed E-state index contributed by atoms with van der Waals surface area (Å²) in [5.74, 6) is 1.50. The van der Waals surface area contributed by atoms with Crippen LogP contribution in [0.3, 0.4) is 0 Å². The highest BCUT2D eigenvalue weighted by Gasteiger charge is 2.51. The van der Waals surface area contributed by atoms with E-state index < -0.39 is 41.5 Å². The zero-order valence-corrected chi connectivity index (χ0v) is 30.2. The first-order chi connectivity index (χ1) is 24.2. The lowest BCUT2D eigenvalue weighted by atomic mass is 9.95. The van der Waals surface area contributed by atoms with Crippen LogP contribution in [-0.2, 0) is 43.5 Å². The van der Waals surface area contributed by atoms with Crippen LogP contribution in [0.4, 0.5) is 4.79 Å². The maximum Gasteiger partial charge on any atom is 0.416 e. The molecule has 5 rings (SSSR count). The molecule has 0 unspecified atom stereocenters. The molecule has 0 spiro atoms. The number of amides is 1. The molecule has 1 amide bonds. The van der Waals surface area contributed by atoms with Crippen molar-refractivity contribution in [1.29, 1.82) is 0 Å². The molecular formula is C38H48N2O9S. The predicted molar refractivity (Wildman–Crippen MR) is 191 cm³/mol. The molecule has 0 bridgehead atoms. The fourth-order valence-electron chi connectivity index (χ4n) is 5.60. The van der Waals surface area contributed by atoms with Crippen LogP contribution in [0.2, 0.25) is 0 Å². The summed E-state index contributed by atoms with van der Waals surface area (Å²) in [5.41, 5.74) is 1.72. The number of benzene rings is 3. The molecular weight excluding hydrogens is 660 g/mol. The van der Waals surface area contributed by atoms with Crippen LogP contribution < -0.4 is 9.47 Å². The summed E-state index contributed by atoms with van der Waals surface area (Å²) in [7, 11) is 3.25. The van der Waals surface area contributed by atoms with Gasteiger partial charge in [0, 0.05) is 6.61 Å². The lowest BCUT2D eigenvalue weighted by Crippen LogP contribution is -2.57.